The zero-order chi connectivity index (χ0) is 18.0. The van der Waals surface area contributed by atoms with E-state index in [9.17, 15) is 12.8 Å². The second-order valence-electron chi connectivity index (χ2n) is 5.64. The number of rotatable bonds is 5. The molecule has 3 aromatic rings. The van der Waals surface area contributed by atoms with E-state index < -0.39 is 10.7 Å². The summed E-state index contributed by atoms with van der Waals surface area (Å²) < 4.78 is 37.9. The molecule has 0 unspecified atom stereocenters. The Kier molecular flexibility index (Phi) is 5.06. The Labute approximate surface area is 146 Å². The van der Waals surface area contributed by atoms with Crippen molar-refractivity contribution in [2.24, 2.45) is 0 Å². The summed E-state index contributed by atoms with van der Waals surface area (Å²) in [6.45, 7) is 1.62. The number of hydrogen-bond acceptors (Lipinski definition) is 5. The molecule has 5 nitrogen and oxygen atoms in total. The molecule has 130 valence electrons. The Morgan fingerprint density at radius 1 is 1.08 bits per heavy atom. The molecule has 0 aliphatic rings. The number of aryl methyl sites for hydroxylation is 2. The van der Waals surface area contributed by atoms with E-state index in [4.69, 9.17) is 5.11 Å². The van der Waals surface area contributed by atoms with Crippen molar-refractivity contribution < 1.29 is 17.9 Å². The van der Waals surface area contributed by atoms with Crippen LogP contribution in [0.3, 0.4) is 0 Å². The van der Waals surface area contributed by atoms with Gasteiger partial charge in [-0.1, -0.05) is 24.3 Å². The number of thiol groups is 1. The molecule has 0 saturated heterocycles. The topological polar surface area (TPSA) is 80.2 Å². The van der Waals surface area contributed by atoms with Gasteiger partial charge in [0.05, 0.1) is 11.4 Å². The van der Waals surface area contributed by atoms with Crippen LogP contribution in [-0.2, 0) is 17.1 Å². The third-order valence-electron chi connectivity index (χ3n) is 3.95. The first-order chi connectivity index (χ1) is 12.0. The minimum absolute atomic E-state index is 0.0332. The molecule has 0 aliphatic heterocycles. The maximum atomic E-state index is 14.1. The average molecular weight is 360 g/mol. The summed E-state index contributed by atoms with van der Waals surface area (Å²) in [5, 5.41) is 10.0. The van der Waals surface area contributed by atoms with Crippen LogP contribution in [0.25, 0.3) is 22.0 Å². The molecule has 25 heavy (non-hydrogen) atoms. The van der Waals surface area contributed by atoms with Crippen molar-refractivity contribution in [1.82, 2.24) is 9.97 Å². The largest absolute Gasteiger partial charge is 0.396 e. The van der Waals surface area contributed by atoms with E-state index in [2.05, 4.69) is 9.97 Å². The first-order valence-corrected chi connectivity index (χ1v) is 9.01. The fourth-order valence-corrected chi connectivity index (χ4v) is 3.61. The maximum Gasteiger partial charge on any atom is 0.172 e. The molecule has 0 spiro atoms. The van der Waals surface area contributed by atoms with E-state index in [0.717, 1.165) is 0 Å². The van der Waals surface area contributed by atoms with Gasteiger partial charge in [-0.2, -0.15) is 0 Å². The average Bonchev–Trinajstić information content (AvgIpc) is 2.59. The molecule has 1 N–H and O–H groups in total. The highest BCUT2D eigenvalue weighted by Crippen LogP contribution is 2.33. The minimum atomic E-state index is -2.95. The highest BCUT2D eigenvalue weighted by Gasteiger charge is 2.19. The number of benzene rings is 2. The smallest absolute Gasteiger partial charge is 0.172 e. The van der Waals surface area contributed by atoms with Crippen molar-refractivity contribution in [3.8, 4) is 11.3 Å². The first-order valence-electron chi connectivity index (χ1n) is 7.83. The van der Waals surface area contributed by atoms with E-state index in [-0.39, 0.29) is 23.0 Å². The lowest BCUT2D eigenvalue weighted by Gasteiger charge is -2.13. The molecule has 1 aromatic heterocycles. The molecule has 0 fully saturated rings. The molecular formula is C18H17FN2O3S. The standard InChI is InChI=1S/C18H17FN2O3S/c1-11-20-16(7-4-10-22)18(25(23)24)17(21-11)14-8-9-15(19)13-6-3-2-5-12(13)14/h2-3,5-6,8-9,22,25H,4,7,10H2,1H3. The second-order valence-corrected chi connectivity index (χ2v) is 6.60. The molecule has 7 heteroatoms. The van der Waals surface area contributed by atoms with Crippen LogP contribution in [0.5, 0.6) is 0 Å². The van der Waals surface area contributed by atoms with E-state index in [1.807, 2.05) is 0 Å². The molecular weight excluding hydrogens is 343 g/mol. The van der Waals surface area contributed by atoms with Crippen LogP contribution in [0.2, 0.25) is 0 Å². The quantitative estimate of drug-likeness (QED) is 0.684. The van der Waals surface area contributed by atoms with Crippen LogP contribution >= 0.6 is 0 Å². The fraction of sp³-hybridized carbons (Fsp3) is 0.222. The highest BCUT2D eigenvalue weighted by molar-refractivity contribution is 7.72. The molecule has 0 radical (unpaired) electrons. The van der Waals surface area contributed by atoms with Gasteiger partial charge >= 0.3 is 0 Å². The summed E-state index contributed by atoms with van der Waals surface area (Å²) in [5.41, 5.74) is 1.19. The first kappa shape index (κ1) is 17.4. The lowest BCUT2D eigenvalue weighted by molar-refractivity contribution is 0.287. The van der Waals surface area contributed by atoms with Gasteiger partial charge in [0.25, 0.3) is 0 Å². The number of hydrogen-bond donors (Lipinski definition) is 2. The normalized spacial score (nSPS) is 11.4. The number of aliphatic hydroxyl groups excluding tert-OH is 1. The van der Waals surface area contributed by atoms with Crippen LogP contribution in [0.15, 0.2) is 41.3 Å². The Hall–Kier alpha value is -2.38. The third-order valence-corrected chi connectivity index (χ3v) is 4.78. The van der Waals surface area contributed by atoms with E-state index in [0.29, 0.717) is 40.7 Å². The number of halogens is 1. The Bertz CT molecular complexity index is 1010. The van der Waals surface area contributed by atoms with Gasteiger partial charge in [-0.25, -0.2) is 22.8 Å². The molecule has 1 heterocycles. The zero-order valence-electron chi connectivity index (χ0n) is 13.6. The predicted molar refractivity (Wildman–Crippen MR) is 93.7 cm³/mol. The van der Waals surface area contributed by atoms with E-state index in [1.165, 1.54) is 12.1 Å². The number of fused-ring (bicyclic) bond motifs is 1. The second kappa shape index (κ2) is 7.25. The molecule has 0 amide bonds. The lowest BCUT2D eigenvalue weighted by atomic mass is 10.0. The lowest BCUT2D eigenvalue weighted by Crippen LogP contribution is -2.06. The van der Waals surface area contributed by atoms with Crippen LogP contribution < -0.4 is 0 Å². The van der Waals surface area contributed by atoms with Gasteiger partial charge < -0.3 is 5.11 Å². The maximum absolute atomic E-state index is 14.1. The highest BCUT2D eigenvalue weighted by atomic mass is 32.2. The van der Waals surface area contributed by atoms with Crippen molar-refractivity contribution in [1.29, 1.82) is 0 Å². The van der Waals surface area contributed by atoms with E-state index in [1.54, 1.807) is 31.2 Å². The molecule has 0 saturated carbocycles. The number of aromatic nitrogens is 2. The zero-order valence-corrected chi connectivity index (χ0v) is 14.5. The van der Waals surface area contributed by atoms with Crippen LogP contribution in [-0.4, -0.2) is 30.1 Å². The summed E-state index contributed by atoms with van der Waals surface area (Å²) in [5.74, 6) is 0.0515. The summed E-state index contributed by atoms with van der Waals surface area (Å²) in [7, 11) is -2.95. The van der Waals surface area contributed by atoms with Gasteiger partial charge in [-0.15, -0.1) is 0 Å². The van der Waals surface area contributed by atoms with Gasteiger partial charge in [0.15, 0.2) is 10.7 Å². The number of nitrogens with zero attached hydrogens (tertiary/aromatic N) is 2. The van der Waals surface area contributed by atoms with Crippen LogP contribution in [0.4, 0.5) is 4.39 Å². The van der Waals surface area contributed by atoms with Crippen molar-refractivity contribution in [3.05, 3.63) is 53.7 Å². The van der Waals surface area contributed by atoms with Crippen LogP contribution in [0, 0.1) is 12.7 Å². The summed E-state index contributed by atoms with van der Waals surface area (Å²) in [6, 6.07) is 9.72. The summed E-state index contributed by atoms with van der Waals surface area (Å²) in [6.07, 6.45) is 0.723. The fourth-order valence-electron chi connectivity index (χ4n) is 2.89. The SMILES string of the molecule is Cc1nc(CCCO)c([SH](=O)=O)c(-c2ccc(F)c3ccccc23)n1. The van der Waals surface area contributed by atoms with Gasteiger partial charge in [0.1, 0.15) is 16.5 Å². The molecule has 0 atom stereocenters. The van der Waals surface area contributed by atoms with Crippen LogP contribution in [0.1, 0.15) is 17.9 Å². The summed E-state index contributed by atoms with van der Waals surface area (Å²) >= 11 is 0. The van der Waals surface area contributed by atoms with E-state index >= 15 is 0 Å². The van der Waals surface area contributed by atoms with Crippen molar-refractivity contribution in [2.45, 2.75) is 24.7 Å². The van der Waals surface area contributed by atoms with Gasteiger partial charge in [-0.3, -0.25) is 0 Å². The molecule has 0 bridgehead atoms. The van der Waals surface area contributed by atoms with Gasteiger partial charge in [-0.05, 0) is 37.3 Å². The Morgan fingerprint density at radius 2 is 1.80 bits per heavy atom. The Balaban J connectivity index is 2.34. The summed E-state index contributed by atoms with van der Waals surface area (Å²) in [4.78, 5) is 8.60. The molecule has 3 rings (SSSR count). The Morgan fingerprint density at radius 3 is 2.48 bits per heavy atom. The minimum Gasteiger partial charge on any atom is -0.396 e. The number of aliphatic hydroxyl groups is 1. The van der Waals surface area contributed by atoms with Crippen molar-refractivity contribution >= 4 is 21.5 Å². The van der Waals surface area contributed by atoms with Crippen molar-refractivity contribution in [2.75, 3.05) is 6.61 Å². The van der Waals surface area contributed by atoms with Gasteiger partial charge in [0, 0.05) is 17.6 Å². The third kappa shape index (κ3) is 3.38. The monoisotopic (exact) mass is 360 g/mol. The molecule has 2 aromatic carbocycles. The van der Waals surface area contributed by atoms with Gasteiger partial charge in [0.2, 0.25) is 0 Å². The molecule has 0 aliphatic carbocycles. The predicted octanol–water partition coefficient (Wildman–Crippen LogP) is 2.64. The van der Waals surface area contributed by atoms with Crippen molar-refractivity contribution in [3.63, 3.8) is 0 Å².